The van der Waals surface area contributed by atoms with Crippen LogP contribution in [-0.4, -0.2) is 18.7 Å². The lowest BCUT2D eigenvalue weighted by atomic mass is 10.2. The maximum atomic E-state index is 11.6. The molecule has 7 heteroatoms. The summed E-state index contributed by atoms with van der Waals surface area (Å²) in [6, 6.07) is 12.3. The number of halogens is 3. The van der Waals surface area contributed by atoms with Crippen molar-refractivity contribution < 1.29 is 9.53 Å². The molecule has 0 bridgehead atoms. The van der Waals surface area contributed by atoms with Crippen molar-refractivity contribution in [3.8, 4) is 5.75 Å². The quantitative estimate of drug-likeness (QED) is 0.600. The van der Waals surface area contributed by atoms with Crippen LogP contribution >= 0.6 is 39.1 Å². The summed E-state index contributed by atoms with van der Waals surface area (Å²) in [4.78, 5) is 11.6. The standard InChI is InChI=1S/C15H11BrCl2N2O2/c16-10-4-6-11(7-5-10)22-9-15(21)20-19-8-12-13(17)2-1-3-14(12)18/h1-8H,9H2,(H,20,21)/b19-8-. The van der Waals surface area contributed by atoms with Gasteiger partial charge in [-0.05, 0) is 36.4 Å². The molecule has 1 N–H and O–H groups in total. The molecular weight excluding hydrogens is 391 g/mol. The summed E-state index contributed by atoms with van der Waals surface area (Å²) >= 11 is 15.3. The number of nitrogens with one attached hydrogen (secondary N) is 1. The average molecular weight is 402 g/mol. The number of hydrogen-bond acceptors (Lipinski definition) is 3. The maximum absolute atomic E-state index is 11.6. The smallest absolute Gasteiger partial charge is 0.277 e. The third kappa shape index (κ3) is 5.02. The van der Waals surface area contributed by atoms with Crippen LogP contribution in [0.4, 0.5) is 0 Å². The Morgan fingerprint density at radius 3 is 2.45 bits per heavy atom. The first-order valence-electron chi connectivity index (χ1n) is 6.20. The van der Waals surface area contributed by atoms with Crippen molar-refractivity contribution in [3.05, 3.63) is 62.5 Å². The summed E-state index contributed by atoms with van der Waals surface area (Å²) in [7, 11) is 0. The fourth-order valence-electron chi connectivity index (χ4n) is 1.51. The molecular formula is C15H11BrCl2N2O2. The van der Waals surface area contributed by atoms with Crippen molar-refractivity contribution in [2.45, 2.75) is 0 Å². The molecule has 2 rings (SSSR count). The van der Waals surface area contributed by atoms with Gasteiger partial charge >= 0.3 is 0 Å². The normalized spacial score (nSPS) is 10.7. The van der Waals surface area contributed by atoms with Gasteiger partial charge in [0.2, 0.25) is 0 Å². The molecule has 0 aromatic heterocycles. The molecule has 0 unspecified atom stereocenters. The van der Waals surface area contributed by atoms with E-state index in [0.29, 0.717) is 21.4 Å². The summed E-state index contributed by atoms with van der Waals surface area (Å²) in [5.41, 5.74) is 2.89. The number of carbonyl (C=O) groups excluding carboxylic acids is 1. The number of carbonyl (C=O) groups is 1. The zero-order valence-corrected chi connectivity index (χ0v) is 14.3. The minimum absolute atomic E-state index is 0.144. The maximum Gasteiger partial charge on any atom is 0.277 e. The molecule has 0 fully saturated rings. The lowest BCUT2D eigenvalue weighted by Crippen LogP contribution is -2.24. The second kappa shape index (κ2) is 8.17. The van der Waals surface area contributed by atoms with E-state index in [1.165, 1.54) is 6.21 Å². The highest BCUT2D eigenvalue weighted by Gasteiger charge is 2.04. The number of nitrogens with zero attached hydrogens (tertiary/aromatic N) is 1. The molecule has 0 atom stereocenters. The highest BCUT2D eigenvalue weighted by Crippen LogP contribution is 2.22. The zero-order valence-electron chi connectivity index (χ0n) is 11.2. The van der Waals surface area contributed by atoms with Gasteiger partial charge in [0, 0.05) is 10.0 Å². The summed E-state index contributed by atoms with van der Waals surface area (Å²) in [5, 5.41) is 4.72. The molecule has 22 heavy (non-hydrogen) atoms. The molecule has 0 aliphatic rings. The van der Waals surface area contributed by atoms with E-state index in [1.54, 1.807) is 30.3 Å². The molecule has 1 amide bonds. The van der Waals surface area contributed by atoms with Crippen LogP contribution in [0.5, 0.6) is 5.75 Å². The largest absolute Gasteiger partial charge is 0.484 e. The predicted octanol–water partition coefficient (Wildman–Crippen LogP) is 4.29. The van der Waals surface area contributed by atoms with Gasteiger partial charge in [0.1, 0.15) is 5.75 Å². The Kier molecular flexibility index (Phi) is 6.24. The van der Waals surface area contributed by atoms with Crippen molar-refractivity contribution in [2.75, 3.05) is 6.61 Å². The molecule has 0 aliphatic carbocycles. The van der Waals surface area contributed by atoms with Crippen LogP contribution < -0.4 is 10.2 Å². The molecule has 0 saturated heterocycles. The van der Waals surface area contributed by atoms with Crippen LogP contribution in [0.1, 0.15) is 5.56 Å². The van der Waals surface area contributed by atoms with Gasteiger partial charge in [-0.15, -0.1) is 0 Å². The minimum Gasteiger partial charge on any atom is -0.484 e. The highest BCUT2D eigenvalue weighted by molar-refractivity contribution is 9.10. The van der Waals surface area contributed by atoms with Crippen molar-refractivity contribution in [2.24, 2.45) is 5.10 Å². The van der Waals surface area contributed by atoms with E-state index in [1.807, 2.05) is 12.1 Å². The predicted molar refractivity (Wildman–Crippen MR) is 91.8 cm³/mol. The molecule has 0 saturated carbocycles. The van der Waals surface area contributed by atoms with E-state index >= 15 is 0 Å². The van der Waals surface area contributed by atoms with Crippen LogP contribution in [0.2, 0.25) is 10.0 Å². The number of hydrogen-bond donors (Lipinski definition) is 1. The lowest BCUT2D eigenvalue weighted by molar-refractivity contribution is -0.123. The van der Waals surface area contributed by atoms with Crippen LogP contribution in [0.15, 0.2) is 52.0 Å². The summed E-state index contributed by atoms with van der Waals surface area (Å²) < 4.78 is 6.25. The first kappa shape index (κ1) is 16.8. The first-order chi connectivity index (χ1) is 10.6. The number of benzene rings is 2. The minimum atomic E-state index is -0.387. The molecule has 114 valence electrons. The monoisotopic (exact) mass is 400 g/mol. The van der Waals surface area contributed by atoms with Crippen molar-refractivity contribution in [1.82, 2.24) is 5.43 Å². The molecule has 2 aromatic carbocycles. The van der Waals surface area contributed by atoms with E-state index in [-0.39, 0.29) is 12.5 Å². The second-order valence-corrected chi connectivity index (χ2v) is 5.90. The van der Waals surface area contributed by atoms with Gasteiger partial charge in [-0.3, -0.25) is 4.79 Å². The summed E-state index contributed by atoms with van der Waals surface area (Å²) in [6.45, 7) is -0.144. The molecule has 0 aliphatic heterocycles. The van der Waals surface area contributed by atoms with Gasteiger partial charge in [0.15, 0.2) is 6.61 Å². The lowest BCUT2D eigenvalue weighted by Gasteiger charge is -2.05. The van der Waals surface area contributed by atoms with E-state index in [0.717, 1.165) is 4.47 Å². The van der Waals surface area contributed by atoms with Gasteiger partial charge in [-0.2, -0.15) is 5.10 Å². The summed E-state index contributed by atoms with van der Waals surface area (Å²) in [6.07, 6.45) is 1.39. The Morgan fingerprint density at radius 2 is 1.82 bits per heavy atom. The highest BCUT2D eigenvalue weighted by atomic mass is 79.9. The number of ether oxygens (including phenoxy) is 1. The van der Waals surface area contributed by atoms with Crippen molar-refractivity contribution >= 4 is 51.3 Å². The van der Waals surface area contributed by atoms with Crippen LogP contribution in [0, 0.1) is 0 Å². The Bertz CT molecular complexity index is 670. The number of amides is 1. The Hall–Kier alpha value is -1.56. The Balaban J connectivity index is 1.85. The van der Waals surface area contributed by atoms with Crippen molar-refractivity contribution in [1.29, 1.82) is 0 Å². The van der Waals surface area contributed by atoms with Gasteiger partial charge in [0.05, 0.1) is 16.3 Å². The fraction of sp³-hybridized carbons (Fsp3) is 0.0667. The zero-order chi connectivity index (χ0) is 15.9. The van der Waals surface area contributed by atoms with Crippen LogP contribution in [0.3, 0.4) is 0 Å². The van der Waals surface area contributed by atoms with Crippen molar-refractivity contribution in [3.63, 3.8) is 0 Å². The van der Waals surface area contributed by atoms with E-state index in [2.05, 4.69) is 26.5 Å². The van der Waals surface area contributed by atoms with E-state index in [4.69, 9.17) is 27.9 Å². The topological polar surface area (TPSA) is 50.7 Å². The molecule has 0 radical (unpaired) electrons. The van der Waals surface area contributed by atoms with Gasteiger partial charge in [-0.25, -0.2) is 5.43 Å². The SMILES string of the molecule is O=C(COc1ccc(Br)cc1)N/N=C\c1c(Cl)cccc1Cl. The Labute approximate surface area is 146 Å². The van der Waals surface area contributed by atoms with Gasteiger partial charge < -0.3 is 4.74 Å². The third-order valence-electron chi connectivity index (χ3n) is 2.57. The third-order valence-corrected chi connectivity index (χ3v) is 3.75. The molecule has 2 aromatic rings. The molecule has 0 heterocycles. The molecule has 4 nitrogen and oxygen atoms in total. The van der Waals surface area contributed by atoms with Gasteiger partial charge in [0.25, 0.3) is 5.91 Å². The first-order valence-corrected chi connectivity index (χ1v) is 7.75. The number of hydrazone groups is 1. The van der Waals surface area contributed by atoms with Crippen LogP contribution in [0.25, 0.3) is 0 Å². The Morgan fingerprint density at radius 1 is 1.18 bits per heavy atom. The average Bonchev–Trinajstić information content (AvgIpc) is 2.50. The summed E-state index contributed by atoms with van der Waals surface area (Å²) in [5.74, 6) is 0.207. The molecule has 0 spiro atoms. The van der Waals surface area contributed by atoms with E-state index < -0.39 is 0 Å². The van der Waals surface area contributed by atoms with Crippen LogP contribution in [-0.2, 0) is 4.79 Å². The fourth-order valence-corrected chi connectivity index (χ4v) is 2.27. The van der Waals surface area contributed by atoms with E-state index in [9.17, 15) is 4.79 Å². The van der Waals surface area contributed by atoms with Gasteiger partial charge in [-0.1, -0.05) is 45.2 Å². The second-order valence-electron chi connectivity index (χ2n) is 4.17. The number of rotatable bonds is 5.